The van der Waals surface area contributed by atoms with Gasteiger partial charge < -0.3 is 9.47 Å². The van der Waals surface area contributed by atoms with Gasteiger partial charge >= 0.3 is 6.01 Å². The summed E-state index contributed by atoms with van der Waals surface area (Å²) in [7, 11) is -0.738. The maximum atomic E-state index is 13.9. The molecule has 0 bridgehead atoms. The van der Waals surface area contributed by atoms with Crippen molar-refractivity contribution in [3.63, 3.8) is 0 Å². The molecule has 0 radical (unpaired) electrons. The van der Waals surface area contributed by atoms with Crippen molar-refractivity contribution in [2.75, 3.05) is 14.2 Å². The molecular formula is C23H28N6O4S. The highest BCUT2D eigenvalue weighted by Crippen LogP contribution is 2.42. The topological polar surface area (TPSA) is 112 Å². The summed E-state index contributed by atoms with van der Waals surface area (Å²) in [5.74, 6) is 0.297. The van der Waals surface area contributed by atoms with Crippen LogP contribution in [0.2, 0.25) is 0 Å². The predicted octanol–water partition coefficient (Wildman–Crippen LogP) is 3.14. The van der Waals surface area contributed by atoms with Gasteiger partial charge in [-0.25, -0.2) is 18.1 Å². The van der Waals surface area contributed by atoms with E-state index in [4.69, 9.17) is 9.47 Å². The van der Waals surface area contributed by atoms with Crippen LogP contribution in [-0.2, 0) is 16.6 Å². The van der Waals surface area contributed by atoms with Gasteiger partial charge in [0, 0.05) is 12.2 Å². The van der Waals surface area contributed by atoms with Crippen LogP contribution in [0.3, 0.4) is 0 Å². The Morgan fingerprint density at radius 3 is 2.44 bits per heavy atom. The first kappa shape index (κ1) is 22.7. The number of hydrogen-bond donors (Lipinski definition) is 0. The molecular weight excluding hydrogens is 456 g/mol. The van der Waals surface area contributed by atoms with Gasteiger partial charge in [-0.15, -0.1) is 5.10 Å². The van der Waals surface area contributed by atoms with E-state index in [0.717, 1.165) is 37.7 Å². The monoisotopic (exact) mass is 484 g/mol. The lowest BCUT2D eigenvalue weighted by Gasteiger charge is -2.40. The number of benzene rings is 1. The van der Waals surface area contributed by atoms with Crippen molar-refractivity contribution in [3.05, 3.63) is 41.7 Å². The summed E-state index contributed by atoms with van der Waals surface area (Å²) in [6.45, 7) is 2.11. The van der Waals surface area contributed by atoms with Crippen LogP contribution in [0.1, 0.15) is 49.4 Å². The second-order valence-electron chi connectivity index (χ2n) is 8.74. The van der Waals surface area contributed by atoms with Gasteiger partial charge in [0.05, 0.1) is 43.0 Å². The molecule has 1 fully saturated rings. The Hall–Kier alpha value is -3.05. The Bertz CT molecular complexity index is 1290. The molecule has 1 saturated carbocycles. The minimum Gasteiger partial charge on any atom is -0.480 e. The average Bonchev–Trinajstić information content (AvgIpc) is 3.11. The van der Waals surface area contributed by atoms with Crippen molar-refractivity contribution in [1.29, 1.82) is 0 Å². The smallest absolute Gasteiger partial charge is 0.319 e. The van der Waals surface area contributed by atoms with Gasteiger partial charge in [0.2, 0.25) is 15.9 Å². The van der Waals surface area contributed by atoms with Crippen LogP contribution < -0.4 is 9.47 Å². The lowest BCUT2D eigenvalue weighted by molar-refractivity contribution is 0.166. The standard InChI is InChI=1S/C23H28N6O4S/c1-15-9-11-16(12-10-15)34(30,31)28-14-20-21(17-13-24-23(33-3)25-22(17)32-2)26-27-29(20)19-8-6-4-5-7-18(19)28/h9-13,18-19H,4-8,14H2,1-3H3/t18-,19-/m0/s1. The molecule has 2 aliphatic rings. The van der Waals surface area contributed by atoms with E-state index in [1.165, 1.54) is 14.2 Å². The van der Waals surface area contributed by atoms with Crippen LogP contribution in [0, 0.1) is 6.92 Å². The van der Waals surface area contributed by atoms with Crippen LogP contribution in [0.15, 0.2) is 35.4 Å². The van der Waals surface area contributed by atoms with Crippen LogP contribution in [-0.4, -0.2) is 57.9 Å². The van der Waals surface area contributed by atoms with Crippen molar-refractivity contribution in [2.24, 2.45) is 0 Å². The Morgan fingerprint density at radius 1 is 1.00 bits per heavy atom. The molecule has 0 amide bonds. The van der Waals surface area contributed by atoms with Gasteiger partial charge in [0.25, 0.3) is 0 Å². The van der Waals surface area contributed by atoms with Crippen molar-refractivity contribution in [2.45, 2.75) is 62.6 Å². The number of ether oxygens (including phenoxy) is 2. The Kier molecular flexibility index (Phi) is 5.98. The zero-order valence-corrected chi connectivity index (χ0v) is 20.3. The minimum absolute atomic E-state index is 0.0853. The summed E-state index contributed by atoms with van der Waals surface area (Å²) in [6.07, 6.45) is 6.28. The fraction of sp³-hybridized carbons (Fsp3) is 0.478. The summed E-state index contributed by atoms with van der Waals surface area (Å²) >= 11 is 0. The molecule has 3 aromatic rings. The highest BCUT2D eigenvalue weighted by atomic mass is 32.2. The highest BCUT2D eigenvalue weighted by Gasteiger charge is 2.44. The Labute approximate surface area is 199 Å². The molecule has 1 aromatic carbocycles. The lowest BCUT2D eigenvalue weighted by Crippen LogP contribution is -2.49. The first-order valence-electron chi connectivity index (χ1n) is 11.4. The number of methoxy groups -OCH3 is 2. The van der Waals surface area contributed by atoms with Gasteiger partial charge in [-0.1, -0.05) is 42.2 Å². The number of aryl methyl sites for hydroxylation is 1. The molecule has 1 aliphatic heterocycles. The molecule has 1 aliphatic carbocycles. The summed E-state index contributed by atoms with van der Waals surface area (Å²) in [5.41, 5.74) is 2.79. The normalized spacial score (nSPS) is 20.8. The molecule has 11 heteroatoms. The molecule has 10 nitrogen and oxygen atoms in total. The number of aromatic nitrogens is 5. The molecule has 0 N–H and O–H groups in total. The molecule has 0 unspecified atom stereocenters. The van der Waals surface area contributed by atoms with Crippen molar-refractivity contribution < 1.29 is 17.9 Å². The van der Waals surface area contributed by atoms with Crippen molar-refractivity contribution in [3.8, 4) is 23.1 Å². The van der Waals surface area contributed by atoms with Crippen molar-refractivity contribution in [1.82, 2.24) is 29.3 Å². The van der Waals surface area contributed by atoms with Crippen LogP contribution in [0.5, 0.6) is 11.9 Å². The van der Waals surface area contributed by atoms with E-state index in [1.807, 2.05) is 23.7 Å². The van der Waals surface area contributed by atoms with Crippen molar-refractivity contribution >= 4 is 10.0 Å². The highest BCUT2D eigenvalue weighted by molar-refractivity contribution is 7.89. The van der Waals surface area contributed by atoms with Gasteiger partial charge in [0.1, 0.15) is 5.69 Å². The first-order valence-corrected chi connectivity index (χ1v) is 12.9. The van der Waals surface area contributed by atoms with E-state index in [9.17, 15) is 8.42 Å². The quantitative estimate of drug-likeness (QED) is 0.543. The summed E-state index contributed by atoms with van der Waals surface area (Å²) in [5, 5.41) is 8.93. The van der Waals surface area contributed by atoms with E-state index >= 15 is 0 Å². The van der Waals surface area contributed by atoms with Gasteiger partial charge in [0.15, 0.2) is 0 Å². The largest absolute Gasteiger partial charge is 0.480 e. The molecule has 0 saturated heterocycles. The van der Waals surface area contributed by atoms with Crippen LogP contribution in [0.4, 0.5) is 0 Å². The van der Waals surface area contributed by atoms with E-state index in [2.05, 4.69) is 20.3 Å². The number of fused-ring (bicyclic) bond motifs is 3. The number of nitrogens with zero attached hydrogens (tertiary/aromatic N) is 6. The predicted molar refractivity (Wildman–Crippen MR) is 124 cm³/mol. The average molecular weight is 485 g/mol. The molecule has 34 heavy (non-hydrogen) atoms. The molecule has 5 rings (SSSR count). The fourth-order valence-electron chi connectivity index (χ4n) is 4.97. The van der Waals surface area contributed by atoms with Gasteiger partial charge in [-0.05, 0) is 31.9 Å². The van der Waals surface area contributed by atoms with Gasteiger partial charge in [-0.2, -0.15) is 9.29 Å². The maximum Gasteiger partial charge on any atom is 0.319 e. The molecule has 3 heterocycles. The molecule has 2 aromatic heterocycles. The molecule has 180 valence electrons. The Morgan fingerprint density at radius 2 is 1.74 bits per heavy atom. The third-order valence-corrected chi connectivity index (χ3v) is 8.60. The summed E-state index contributed by atoms with van der Waals surface area (Å²) < 4.78 is 41.9. The minimum atomic E-state index is -3.73. The van der Waals surface area contributed by atoms with E-state index < -0.39 is 10.0 Å². The number of rotatable bonds is 5. The number of hydrogen-bond acceptors (Lipinski definition) is 8. The van der Waals surface area contributed by atoms with Crippen LogP contribution >= 0.6 is 0 Å². The van der Waals surface area contributed by atoms with Gasteiger partial charge in [-0.3, -0.25) is 0 Å². The summed E-state index contributed by atoms with van der Waals surface area (Å²) in [4.78, 5) is 8.78. The second kappa shape index (κ2) is 8.95. The fourth-order valence-corrected chi connectivity index (χ4v) is 6.61. The number of sulfonamides is 1. The summed E-state index contributed by atoms with van der Waals surface area (Å²) in [6, 6.07) is 6.94. The third kappa shape index (κ3) is 3.82. The molecule has 0 spiro atoms. The third-order valence-electron chi connectivity index (χ3n) is 6.71. The maximum absolute atomic E-state index is 13.9. The molecule has 2 atom stereocenters. The Balaban J connectivity index is 1.63. The zero-order valence-electron chi connectivity index (χ0n) is 19.5. The zero-order chi connectivity index (χ0) is 23.9. The first-order chi connectivity index (χ1) is 16.4. The van der Waals surface area contributed by atoms with E-state index in [-0.39, 0.29) is 24.6 Å². The second-order valence-corrected chi connectivity index (χ2v) is 10.6. The SMILES string of the molecule is COc1ncc(-c2nnn3c2CN(S(=O)(=O)c2ccc(C)cc2)[C@H]2CCCCC[C@@H]23)c(OC)n1. The van der Waals surface area contributed by atoms with Crippen LogP contribution in [0.25, 0.3) is 11.3 Å². The van der Waals surface area contributed by atoms with E-state index in [1.54, 1.807) is 22.6 Å². The lowest BCUT2D eigenvalue weighted by atomic mass is 9.99. The van der Waals surface area contributed by atoms with E-state index in [0.29, 0.717) is 27.7 Å².